The molecular weight excluding hydrogens is 206 g/mol. The van der Waals surface area contributed by atoms with Gasteiger partial charge in [-0.05, 0) is 31.5 Å². The largest absolute Gasteiger partial charge is 0.475 e. The normalized spacial score (nSPS) is 18.0. The number of fused-ring (bicyclic) bond motifs is 1. The van der Waals surface area contributed by atoms with E-state index in [1.807, 2.05) is 25.1 Å². The Morgan fingerprint density at radius 1 is 1.62 bits per heavy atom. The quantitative estimate of drug-likeness (QED) is 0.773. The van der Waals surface area contributed by atoms with Gasteiger partial charge in [0.25, 0.3) is 0 Å². The molecule has 0 bridgehead atoms. The number of anilines is 1. The molecule has 0 amide bonds. The molecule has 1 aliphatic heterocycles. The first-order valence-electron chi connectivity index (χ1n) is 5.38. The van der Waals surface area contributed by atoms with Gasteiger partial charge in [0.1, 0.15) is 5.75 Å². The number of hydrogen-bond acceptors (Lipinski definition) is 4. The Hall–Kier alpha value is -1.71. The number of esters is 1. The molecule has 0 spiro atoms. The Labute approximate surface area is 94.6 Å². The minimum absolute atomic E-state index is 0.318. The summed E-state index contributed by atoms with van der Waals surface area (Å²) in [6.07, 6.45) is -0.546. The highest BCUT2D eigenvalue weighted by Crippen LogP contribution is 2.29. The van der Waals surface area contributed by atoms with Crippen LogP contribution in [0.4, 0.5) is 5.69 Å². The van der Waals surface area contributed by atoms with Crippen molar-refractivity contribution < 1.29 is 14.3 Å². The van der Waals surface area contributed by atoms with Crippen molar-refractivity contribution >= 4 is 11.7 Å². The highest BCUT2D eigenvalue weighted by atomic mass is 16.6. The van der Waals surface area contributed by atoms with Crippen LogP contribution in [0, 0.1) is 6.92 Å². The van der Waals surface area contributed by atoms with Gasteiger partial charge in [0.15, 0.2) is 0 Å². The zero-order valence-electron chi connectivity index (χ0n) is 9.45. The summed E-state index contributed by atoms with van der Waals surface area (Å²) in [4.78, 5) is 11.5. The number of carbonyl (C=O) groups excluding carboxylic acids is 1. The van der Waals surface area contributed by atoms with E-state index < -0.39 is 6.10 Å². The van der Waals surface area contributed by atoms with Gasteiger partial charge < -0.3 is 14.8 Å². The van der Waals surface area contributed by atoms with E-state index in [1.165, 1.54) is 0 Å². The summed E-state index contributed by atoms with van der Waals surface area (Å²) in [6.45, 7) is 4.62. The maximum atomic E-state index is 11.5. The maximum Gasteiger partial charge on any atom is 0.349 e. The molecule has 1 aromatic rings. The van der Waals surface area contributed by atoms with Crippen molar-refractivity contribution in [2.75, 3.05) is 18.5 Å². The lowest BCUT2D eigenvalue weighted by atomic mass is 10.1. The predicted octanol–water partition coefficient (Wildman–Crippen LogP) is 1.73. The van der Waals surface area contributed by atoms with Gasteiger partial charge in [-0.25, -0.2) is 4.79 Å². The molecule has 0 aromatic heterocycles. The highest BCUT2D eigenvalue weighted by molar-refractivity contribution is 5.77. The van der Waals surface area contributed by atoms with E-state index in [0.29, 0.717) is 18.9 Å². The van der Waals surface area contributed by atoms with Crippen molar-refractivity contribution in [1.82, 2.24) is 0 Å². The number of hydrogen-bond donors (Lipinski definition) is 1. The fourth-order valence-corrected chi connectivity index (χ4v) is 1.65. The van der Waals surface area contributed by atoms with E-state index in [4.69, 9.17) is 9.47 Å². The van der Waals surface area contributed by atoms with E-state index in [9.17, 15) is 4.79 Å². The molecular formula is C12H15NO3. The fourth-order valence-electron chi connectivity index (χ4n) is 1.65. The molecule has 86 valence electrons. The molecule has 0 fully saturated rings. The van der Waals surface area contributed by atoms with Crippen molar-refractivity contribution in [3.8, 4) is 5.75 Å². The van der Waals surface area contributed by atoms with Gasteiger partial charge in [-0.3, -0.25) is 0 Å². The van der Waals surface area contributed by atoms with Crippen LogP contribution in [0.5, 0.6) is 5.75 Å². The zero-order chi connectivity index (χ0) is 11.5. The lowest BCUT2D eigenvalue weighted by Crippen LogP contribution is -2.38. The Balaban J connectivity index is 2.12. The third kappa shape index (κ3) is 2.10. The van der Waals surface area contributed by atoms with Crippen molar-refractivity contribution in [3.05, 3.63) is 23.8 Å². The molecule has 0 radical (unpaired) electrons. The number of carbonyl (C=O) groups is 1. The van der Waals surface area contributed by atoms with Crippen molar-refractivity contribution in [3.63, 3.8) is 0 Å². The van der Waals surface area contributed by atoms with Gasteiger partial charge in [0.05, 0.1) is 18.8 Å². The standard InChI is InChI=1S/C12H15NO3/c1-3-15-12(14)11-7-13-9-6-8(2)4-5-10(9)16-11/h4-6,11,13H,3,7H2,1-2H3/t11-/m0/s1. The molecule has 4 heteroatoms. The molecule has 1 aromatic carbocycles. The third-order valence-electron chi connectivity index (χ3n) is 2.43. The Morgan fingerprint density at radius 2 is 2.44 bits per heavy atom. The second kappa shape index (κ2) is 4.43. The molecule has 1 N–H and O–H groups in total. The van der Waals surface area contributed by atoms with Crippen LogP contribution in [0.25, 0.3) is 0 Å². The molecule has 1 heterocycles. The predicted molar refractivity (Wildman–Crippen MR) is 60.7 cm³/mol. The van der Waals surface area contributed by atoms with Crippen LogP contribution < -0.4 is 10.1 Å². The summed E-state index contributed by atoms with van der Waals surface area (Å²) in [5, 5.41) is 3.17. The second-order valence-corrected chi connectivity index (χ2v) is 3.74. The molecule has 1 aliphatic rings. The molecule has 16 heavy (non-hydrogen) atoms. The summed E-state index contributed by atoms with van der Waals surface area (Å²) in [7, 11) is 0. The van der Waals surface area contributed by atoms with Gasteiger partial charge in [-0.2, -0.15) is 0 Å². The molecule has 0 saturated carbocycles. The Bertz CT molecular complexity index is 403. The summed E-state index contributed by atoms with van der Waals surface area (Å²) in [5.41, 5.74) is 2.09. The average Bonchev–Trinajstić information content (AvgIpc) is 2.28. The monoisotopic (exact) mass is 221 g/mol. The van der Waals surface area contributed by atoms with E-state index in [-0.39, 0.29) is 5.97 Å². The first-order chi connectivity index (χ1) is 7.70. The summed E-state index contributed by atoms with van der Waals surface area (Å²) >= 11 is 0. The Kier molecular flexibility index (Phi) is 2.99. The summed E-state index contributed by atoms with van der Waals surface area (Å²) in [5.74, 6) is 0.385. The van der Waals surface area contributed by atoms with Crippen LogP contribution in [0.2, 0.25) is 0 Å². The Morgan fingerprint density at radius 3 is 3.19 bits per heavy atom. The van der Waals surface area contributed by atoms with E-state index in [2.05, 4.69) is 5.32 Å². The lowest BCUT2D eigenvalue weighted by Gasteiger charge is -2.26. The van der Waals surface area contributed by atoms with Crippen LogP contribution in [0.3, 0.4) is 0 Å². The number of nitrogens with one attached hydrogen (secondary N) is 1. The van der Waals surface area contributed by atoms with Gasteiger partial charge in [-0.15, -0.1) is 0 Å². The lowest BCUT2D eigenvalue weighted by molar-refractivity contribution is -0.150. The zero-order valence-corrected chi connectivity index (χ0v) is 9.45. The fraction of sp³-hybridized carbons (Fsp3) is 0.417. The van der Waals surface area contributed by atoms with Crippen LogP contribution in [0.1, 0.15) is 12.5 Å². The number of ether oxygens (including phenoxy) is 2. The smallest absolute Gasteiger partial charge is 0.349 e. The third-order valence-corrected chi connectivity index (χ3v) is 2.43. The van der Waals surface area contributed by atoms with Gasteiger partial charge in [0, 0.05) is 0 Å². The molecule has 4 nitrogen and oxygen atoms in total. The molecule has 0 aliphatic carbocycles. The minimum atomic E-state index is -0.546. The maximum absolute atomic E-state index is 11.5. The molecule has 2 rings (SSSR count). The van der Waals surface area contributed by atoms with E-state index in [0.717, 1.165) is 11.3 Å². The topological polar surface area (TPSA) is 47.6 Å². The van der Waals surface area contributed by atoms with Crippen molar-refractivity contribution in [2.24, 2.45) is 0 Å². The molecule has 0 unspecified atom stereocenters. The SMILES string of the molecule is CCOC(=O)[C@@H]1CNc2cc(C)ccc2O1. The van der Waals surface area contributed by atoms with E-state index in [1.54, 1.807) is 6.92 Å². The number of rotatable bonds is 2. The molecule has 0 saturated heterocycles. The van der Waals surface area contributed by atoms with Crippen molar-refractivity contribution in [1.29, 1.82) is 0 Å². The van der Waals surface area contributed by atoms with Crippen LogP contribution in [0.15, 0.2) is 18.2 Å². The van der Waals surface area contributed by atoms with Crippen LogP contribution in [-0.4, -0.2) is 25.2 Å². The average molecular weight is 221 g/mol. The van der Waals surface area contributed by atoms with E-state index >= 15 is 0 Å². The van der Waals surface area contributed by atoms with Crippen LogP contribution in [-0.2, 0) is 9.53 Å². The summed E-state index contributed by atoms with van der Waals surface area (Å²) in [6, 6.07) is 5.81. The van der Waals surface area contributed by atoms with Gasteiger partial charge in [0.2, 0.25) is 6.10 Å². The highest BCUT2D eigenvalue weighted by Gasteiger charge is 2.26. The van der Waals surface area contributed by atoms with Gasteiger partial charge in [-0.1, -0.05) is 6.07 Å². The first kappa shape index (κ1) is 10.8. The number of aryl methyl sites for hydroxylation is 1. The van der Waals surface area contributed by atoms with Gasteiger partial charge >= 0.3 is 5.97 Å². The second-order valence-electron chi connectivity index (χ2n) is 3.74. The first-order valence-corrected chi connectivity index (χ1v) is 5.38. The molecule has 1 atom stereocenters. The summed E-state index contributed by atoms with van der Waals surface area (Å²) < 4.78 is 10.5. The van der Waals surface area contributed by atoms with Crippen molar-refractivity contribution in [2.45, 2.75) is 20.0 Å². The minimum Gasteiger partial charge on any atom is -0.475 e. The van der Waals surface area contributed by atoms with Crippen LogP contribution >= 0.6 is 0 Å². The number of benzene rings is 1.